The summed E-state index contributed by atoms with van der Waals surface area (Å²) < 4.78 is 2.01. The molecule has 1 N–H and O–H groups in total. The summed E-state index contributed by atoms with van der Waals surface area (Å²) >= 11 is 3.26. The van der Waals surface area contributed by atoms with Gasteiger partial charge < -0.3 is 5.11 Å². The van der Waals surface area contributed by atoms with E-state index in [9.17, 15) is 0 Å². The smallest absolute Gasteiger partial charge is 0.0577 e. The minimum absolute atomic E-state index is 0.238. The minimum Gasteiger partial charge on any atom is -0.395 e. The zero-order chi connectivity index (χ0) is 6.41. The van der Waals surface area contributed by atoms with Crippen LogP contribution in [0.1, 0.15) is 0 Å². The summed E-state index contributed by atoms with van der Waals surface area (Å²) in [6.45, 7) is 0.976. The van der Waals surface area contributed by atoms with Crippen LogP contribution in [0.5, 0.6) is 0 Å². The van der Waals surface area contributed by atoms with Crippen LogP contribution in [0, 0.1) is 0 Å². The SMILES string of the molecule is CSN(CCO)SC. The van der Waals surface area contributed by atoms with Crippen LogP contribution in [0.2, 0.25) is 0 Å². The topological polar surface area (TPSA) is 23.5 Å². The molecule has 2 nitrogen and oxygen atoms in total. The highest BCUT2D eigenvalue weighted by atomic mass is 32.2. The average Bonchev–Trinajstić information content (AvgIpc) is 1.83. The van der Waals surface area contributed by atoms with Crippen LogP contribution in [0.15, 0.2) is 0 Å². The van der Waals surface area contributed by atoms with Crippen molar-refractivity contribution in [2.75, 3.05) is 25.7 Å². The molecule has 0 aromatic heterocycles. The van der Waals surface area contributed by atoms with E-state index in [1.165, 1.54) is 0 Å². The van der Waals surface area contributed by atoms with Gasteiger partial charge in [0.1, 0.15) is 0 Å². The van der Waals surface area contributed by atoms with Gasteiger partial charge in [0.25, 0.3) is 0 Å². The quantitative estimate of drug-likeness (QED) is 0.605. The summed E-state index contributed by atoms with van der Waals surface area (Å²) in [5.74, 6) is 0. The van der Waals surface area contributed by atoms with Crippen LogP contribution in [-0.4, -0.2) is 34.5 Å². The first-order valence-electron chi connectivity index (χ1n) is 2.31. The third-order valence-corrected chi connectivity index (χ3v) is 2.76. The van der Waals surface area contributed by atoms with Gasteiger partial charge in [0.2, 0.25) is 0 Å². The van der Waals surface area contributed by atoms with Gasteiger partial charge in [-0.1, -0.05) is 23.9 Å². The molecular formula is C4H11NOS2. The van der Waals surface area contributed by atoms with Gasteiger partial charge in [-0.3, -0.25) is 0 Å². The van der Waals surface area contributed by atoms with Gasteiger partial charge in [0, 0.05) is 6.54 Å². The predicted molar refractivity (Wildman–Crippen MR) is 40.8 cm³/mol. The third-order valence-electron chi connectivity index (χ3n) is 0.690. The molecule has 0 rings (SSSR count). The van der Waals surface area contributed by atoms with Gasteiger partial charge in [0.15, 0.2) is 0 Å². The highest BCUT2D eigenvalue weighted by Crippen LogP contribution is 2.13. The molecule has 0 aromatic rings. The van der Waals surface area contributed by atoms with Crippen molar-refractivity contribution in [3.05, 3.63) is 0 Å². The standard InChI is InChI=1S/C4H11NOS2/c1-7-5(8-2)3-4-6/h6H,3-4H2,1-2H3. The van der Waals surface area contributed by atoms with Crippen LogP contribution in [-0.2, 0) is 0 Å². The summed E-state index contributed by atoms with van der Waals surface area (Å²) in [6.07, 6.45) is 3.98. The molecular weight excluding hydrogens is 142 g/mol. The van der Waals surface area contributed by atoms with Gasteiger partial charge in [0.05, 0.1) is 6.61 Å². The molecule has 0 spiro atoms. The second-order valence-corrected chi connectivity index (χ2v) is 2.99. The lowest BCUT2D eigenvalue weighted by Crippen LogP contribution is -2.09. The maximum absolute atomic E-state index is 8.43. The molecule has 0 aliphatic heterocycles. The molecule has 0 heterocycles. The van der Waals surface area contributed by atoms with Gasteiger partial charge in [-0.25, -0.2) is 0 Å². The molecule has 0 bridgehead atoms. The highest BCUT2D eigenvalue weighted by Gasteiger charge is 1.95. The van der Waals surface area contributed by atoms with Crippen LogP contribution >= 0.6 is 23.9 Å². The highest BCUT2D eigenvalue weighted by molar-refractivity contribution is 8.11. The number of hydrogen-bond donors (Lipinski definition) is 1. The van der Waals surface area contributed by atoms with Crippen molar-refractivity contribution >= 4 is 23.9 Å². The first kappa shape index (κ1) is 8.62. The van der Waals surface area contributed by atoms with Crippen LogP contribution in [0.3, 0.4) is 0 Å². The Bertz CT molecular complexity index is 49.3. The third kappa shape index (κ3) is 3.60. The number of aliphatic hydroxyl groups excluding tert-OH is 1. The molecule has 0 radical (unpaired) electrons. The maximum Gasteiger partial charge on any atom is 0.0577 e. The maximum atomic E-state index is 8.43. The minimum atomic E-state index is 0.238. The summed E-state index contributed by atoms with van der Waals surface area (Å²) in [5, 5.41) is 8.43. The van der Waals surface area contributed by atoms with Crippen molar-refractivity contribution in [1.82, 2.24) is 3.71 Å². The van der Waals surface area contributed by atoms with Gasteiger partial charge in [-0.05, 0) is 12.5 Å². The van der Waals surface area contributed by atoms with Gasteiger partial charge >= 0.3 is 0 Å². The Labute approximate surface area is 58.9 Å². The molecule has 0 aliphatic carbocycles. The Kier molecular flexibility index (Phi) is 6.20. The van der Waals surface area contributed by atoms with Gasteiger partial charge in [-0.15, -0.1) is 0 Å². The van der Waals surface area contributed by atoms with Crippen molar-refractivity contribution in [1.29, 1.82) is 0 Å². The molecule has 0 unspecified atom stereocenters. The fraction of sp³-hybridized carbons (Fsp3) is 1.00. The Morgan fingerprint density at radius 3 is 2.00 bits per heavy atom. The molecule has 50 valence electrons. The number of aliphatic hydroxyl groups is 1. The zero-order valence-corrected chi connectivity index (χ0v) is 6.76. The van der Waals surface area contributed by atoms with Crippen LogP contribution in [0.25, 0.3) is 0 Å². The largest absolute Gasteiger partial charge is 0.395 e. The molecule has 0 fully saturated rings. The summed E-state index contributed by atoms with van der Waals surface area (Å²) in [7, 11) is 0. The Morgan fingerprint density at radius 2 is 1.88 bits per heavy atom. The monoisotopic (exact) mass is 153 g/mol. The molecule has 0 atom stereocenters. The van der Waals surface area contributed by atoms with Crippen molar-refractivity contribution < 1.29 is 5.11 Å². The van der Waals surface area contributed by atoms with Crippen molar-refractivity contribution in [2.45, 2.75) is 0 Å². The number of rotatable bonds is 4. The van der Waals surface area contributed by atoms with Gasteiger partial charge in [-0.2, -0.15) is 3.71 Å². The average molecular weight is 153 g/mol. The van der Waals surface area contributed by atoms with Crippen molar-refractivity contribution in [2.24, 2.45) is 0 Å². The lowest BCUT2D eigenvalue weighted by atomic mass is 10.8. The lowest BCUT2D eigenvalue weighted by molar-refractivity contribution is 0.288. The fourth-order valence-corrected chi connectivity index (χ4v) is 1.46. The van der Waals surface area contributed by atoms with E-state index in [-0.39, 0.29) is 6.61 Å². The van der Waals surface area contributed by atoms with E-state index in [2.05, 4.69) is 0 Å². The lowest BCUT2D eigenvalue weighted by Gasteiger charge is -2.12. The molecule has 0 amide bonds. The second kappa shape index (κ2) is 5.75. The Morgan fingerprint density at radius 1 is 1.38 bits per heavy atom. The molecule has 4 heteroatoms. The van der Waals surface area contributed by atoms with E-state index in [1.54, 1.807) is 23.9 Å². The summed E-state index contributed by atoms with van der Waals surface area (Å²) in [6, 6.07) is 0. The van der Waals surface area contributed by atoms with E-state index in [0.717, 1.165) is 6.54 Å². The normalized spacial score (nSPS) is 10.5. The van der Waals surface area contributed by atoms with E-state index in [4.69, 9.17) is 5.11 Å². The number of nitrogens with zero attached hydrogens (tertiary/aromatic N) is 1. The van der Waals surface area contributed by atoms with Crippen LogP contribution in [0.4, 0.5) is 0 Å². The van der Waals surface area contributed by atoms with E-state index < -0.39 is 0 Å². The molecule has 0 saturated carbocycles. The molecule has 0 saturated heterocycles. The van der Waals surface area contributed by atoms with Crippen LogP contribution < -0.4 is 0 Å². The number of hydrogen-bond acceptors (Lipinski definition) is 4. The first-order chi connectivity index (χ1) is 3.85. The first-order valence-corrected chi connectivity index (χ1v) is 4.68. The molecule has 0 aromatic carbocycles. The molecule has 8 heavy (non-hydrogen) atoms. The predicted octanol–water partition coefficient (Wildman–Crippen LogP) is 0.837. The molecule has 0 aliphatic rings. The summed E-state index contributed by atoms with van der Waals surface area (Å²) in [4.78, 5) is 0. The Balaban J connectivity index is 3.07. The zero-order valence-electron chi connectivity index (χ0n) is 5.13. The van der Waals surface area contributed by atoms with E-state index >= 15 is 0 Å². The van der Waals surface area contributed by atoms with Crippen molar-refractivity contribution in [3.63, 3.8) is 0 Å². The Hall–Kier alpha value is 0.620. The second-order valence-electron chi connectivity index (χ2n) is 1.15. The fourth-order valence-electron chi connectivity index (χ4n) is 0.339. The van der Waals surface area contributed by atoms with E-state index in [1.807, 2.05) is 16.2 Å². The summed E-state index contributed by atoms with van der Waals surface area (Å²) in [5.41, 5.74) is 0. The van der Waals surface area contributed by atoms with E-state index in [0.29, 0.717) is 0 Å². The van der Waals surface area contributed by atoms with Crippen molar-refractivity contribution in [3.8, 4) is 0 Å².